The molecule has 0 unspecified atom stereocenters. The minimum Gasteiger partial charge on any atom is -0.465 e. The number of carbonyl (C=O) groups excluding carboxylic acids is 1. The Morgan fingerprint density at radius 3 is 2.75 bits per heavy atom. The van der Waals surface area contributed by atoms with Crippen LogP contribution in [0.25, 0.3) is 0 Å². The number of ether oxygens (including phenoxy) is 1. The SMILES string of the molecule is COC(=O)c1cnc(Cl)c(CN)c1C(F)F. The summed E-state index contributed by atoms with van der Waals surface area (Å²) in [6.45, 7) is -0.226. The van der Waals surface area contributed by atoms with E-state index >= 15 is 0 Å². The molecule has 1 aromatic rings. The topological polar surface area (TPSA) is 65.2 Å². The molecular weight excluding hydrogens is 242 g/mol. The molecule has 1 rings (SSSR count). The summed E-state index contributed by atoms with van der Waals surface area (Å²) in [5.74, 6) is -0.894. The van der Waals surface area contributed by atoms with Crippen molar-refractivity contribution in [3.63, 3.8) is 0 Å². The van der Waals surface area contributed by atoms with Crippen LogP contribution >= 0.6 is 11.6 Å². The molecule has 0 fully saturated rings. The molecule has 0 saturated heterocycles. The Hall–Kier alpha value is -1.27. The molecule has 0 amide bonds. The number of pyridine rings is 1. The number of hydrogen-bond acceptors (Lipinski definition) is 4. The van der Waals surface area contributed by atoms with E-state index in [1.54, 1.807) is 0 Å². The Kier molecular flexibility index (Phi) is 4.14. The Morgan fingerprint density at radius 1 is 1.69 bits per heavy atom. The molecule has 1 aromatic heterocycles. The first-order chi connectivity index (χ1) is 7.52. The molecule has 0 aliphatic rings. The van der Waals surface area contributed by atoms with Crippen LogP contribution < -0.4 is 5.73 Å². The lowest BCUT2D eigenvalue weighted by molar-refractivity contribution is 0.0588. The van der Waals surface area contributed by atoms with Gasteiger partial charge in [0.2, 0.25) is 0 Å². The zero-order valence-electron chi connectivity index (χ0n) is 8.34. The van der Waals surface area contributed by atoms with Crippen LogP contribution in [-0.2, 0) is 11.3 Å². The Labute approximate surface area is 95.4 Å². The summed E-state index contributed by atoms with van der Waals surface area (Å²) < 4.78 is 30.0. The molecule has 1 heterocycles. The van der Waals surface area contributed by atoms with Crippen molar-refractivity contribution in [3.05, 3.63) is 28.0 Å². The molecule has 0 aliphatic heterocycles. The van der Waals surface area contributed by atoms with Gasteiger partial charge in [0.05, 0.1) is 12.7 Å². The molecule has 0 atom stereocenters. The number of esters is 1. The minimum absolute atomic E-state index is 0.0421. The van der Waals surface area contributed by atoms with Crippen molar-refractivity contribution in [1.29, 1.82) is 0 Å². The van der Waals surface area contributed by atoms with Crippen molar-refractivity contribution in [1.82, 2.24) is 4.98 Å². The highest BCUT2D eigenvalue weighted by Crippen LogP contribution is 2.30. The van der Waals surface area contributed by atoms with Gasteiger partial charge in [0.15, 0.2) is 0 Å². The molecule has 0 saturated carbocycles. The molecule has 0 radical (unpaired) electrons. The molecule has 7 heteroatoms. The summed E-state index contributed by atoms with van der Waals surface area (Å²) in [5.41, 5.74) is 4.41. The quantitative estimate of drug-likeness (QED) is 0.657. The van der Waals surface area contributed by atoms with Crippen molar-refractivity contribution < 1.29 is 18.3 Å². The maximum absolute atomic E-state index is 12.8. The van der Waals surface area contributed by atoms with E-state index in [9.17, 15) is 13.6 Å². The van der Waals surface area contributed by atoms with Crippen molar-refractivity contribution in [2.75, 3.05) is 7.11 Å². The number of nitrogens with zero attached hydrogens (tertiary/aromatic N) is 1. The number of carbonyl (C=O) groups is 1. The second-order valence-corrected chi connectivity index (χ2v) is 3.21. The highest BCUT2D eigenvalue weighted by molar-refractivity contribution is 6.30. The Morgan fingerprint density at radius 2 is 2.31 bits per heavy atom. The van der Waals surface area contributed by atoms with Crippen LogP contribution in [0.2, 0.25) is 5.15 Å². The highest BCUT2D eigenvalue weighted by Gasteiger charge is 2.24. The number of methoxy groups -OCH3 is 1. The van der Waals surface area contributed by atoms with Gasteiger partial charge >= 0.3 is 5.97 Å². The molecule has 4 nitrogen and oxygen atoms in total. The summed E-state index contributed by atoms with van der Waals surface area (Å²) >= 11 is 5.62. The highest BCUT2D eigenvalue weighted by atomic mass is 35.5. The van der Waals surface area contributed by atoms with Crippen LogP contribution in [0.3, 0.4) is 0 Å². The zero-order chi connectivity index (χ0) is 12.3. The first-order valence-corrected chi connectivity index (χ1v) is 4.64. The van der Waals surface area contributed by atoms with E-state index in [1.807, 2.05) is 0 Å². The molecule has 0 aliphatic carbocycles. The van der Waals surface area contributed by atoms with Crippen molar-refractivity contribution in [2.24, 2.45) is 5.73 Å². The summed E-state index contributed by atoms with van der Waals surface area (Å²) in [6, 6.07) is 0. The van der Waals surface area contributed by atoms with Gasteiger partial charge in [-0.3, -0.25) is 0 Å². The van der Waals surface area contributed by atoms with Gasteiger partial charge in [-0.05, 0) is 0 Å². The molecule has 0 aromatic carbocycles. The average molecular weight is 251 g/mol. The van der Waals surface area contributed by atoms with E-state index in [4.69, 9.17) is 17.3 Å². The van der Waals surface area contributed by atoms with E-state index in [0.717, 1.165) is 13.3 Å². The maximum Gasteiger partial charge on any atom is 0.339 e. The van der Waals surface area contributed by atoms with Gasteiger partial charge in [0.1, 0.15) is 5.15 Å². The van der Waals surface area contributed by atoms with E-state index < -0.39 is 18.0 Å². The van der Waals surface area contributed by atoms with Crippen molar-refractivity contribution in [3.8, 4) is 0 Å². The van der Waals surface area contributed by atoms with Gasteiger partial charge in [0, 0.05) is 23.9 Å². The van der Waals surface area contributed by atoms with Crippen LogP contribution in [-0.4, -0.2) is 18.1 Å². The fraction of sp³-hybridized carbons (Fsp3) is 0.333. The molecule has 0 spiro atoms. The number of alkyl halides is 2. The second kappa shape index (κ2) is 5.18. The minimum atomic E-state index is -2.87. The first-order valence-electron chi connectivity index (χ1n) is 4.26. The largest absolute Gasteiger partial charge is 0.465 e. The van der Waals surface area contributed by atoms with E-state index in [1.165, 1.54) is 0 Å². The number of rotatable bonds is 3. The normalized spacial score (nSPS) is 10.6. The van der Waals surface area contributed by atoms with Gasteiger partial charge in [0.25, 0.3) is 6.43 Å². The van der Waals surface area contributed by atoms with E-state index in [-0.39, 0.29) is 22.8 Å². The van der Waals surface area contributed by atoms with Crippen molar-refractivity contribution in [2.45, 2.75) is 13.0 Å². The third-order valence-corrected chi connectivity index (χ3v) is 2.32. The summed E-state index contributed by atoms with van der Waals surface area (Å²) in [5, 5.41) is -0.134. The fourth-order valence-electron chi connectivity index (χ4n) is 1.26. The number of halogens is 3. The van der Waals surface area contributed by atoms with Gasteiger partial charge in [-0.25, -0.2) is 18.6 Å². The predicted octanol–water partition coefficient (Wildman–Crippen LogP) is 1.92. The fourth-order valence-corrected chi connectivity index (χ4v) is 1.49. The van der Waals surface area contributed by atoms with Crippen LogP contribution in [0.4, 0.5) is 8.78 Å². The number of hydrogen-bond donors (Lipinski definition) is 1. The van der Waals surface area contributed by atoms with Crippen LogP contribution in [0, 0.1) is 0 Å². The van der Waals surface area contributed by atoms with Crippen LogP contribution in [0.5, 0.6) is 0 Å². The van der Waals surface area contributed by atoms with Gasteiger partial charge < -0.3 is 10.5 Å². The lowest BCUT2D eigenvalue weighted by atomic mass is 10.0. The average Bonchev–Trinajstić information content (AvgIpc) is 2.27. The monoisotopic (exact) mass is 250 g/mol. The van der Waals surface area contributed by atoms with Crippen molar-refractivity contribution >= 4 is 17.6 Å². The molecule has 2 N–H and O–H groups in total. The van der Waals surface area contributed by atoms with Gasteiger partial charge in [-0.15, -0.1) is 0 Å². The van der Waals surface area contributed by atoms with E-state index in [0.29, 0.717) is 0 Å². The van der Waals surface area contributed by atoms with Gasteiger partial charge in [-0.2, -0.15) is 0 Å². The number of aromatic nitrogens is 1. The molecule has 16 heavy (non-hydrogen) atoms. The standard InChI is InChI=1S/C9H9ClF2N2O2/c1-16-9(15)5-3-14-7(10)4(2-13)6(5)8(11)12/h3,8H,2,13H2,1H3. The Bertz CT molecular complexity index is 413. The summed E-state index contributed by atoms with van der Waals surface area (Å²) in [4.78, 5) is 14.9. The summed E-state index contributed by atoms with van der Waals surface area (Å²) in [7, 11) is 1.09. The Balaban J connectivity index is 3.45. The van der Waals surface area contributed by atoms with Gasteiger partial charge in [-0.1, -0.05) is 11.6 Å². The molecule has 0 bridgehead atoms. The summed E-state index contributed by atoms with van der Waals surface area (Å²) in [6.07, 6.45) is -1.91. The maximum atomic E-state index is 12.8. The second-order valence-electron chi connectivity index (χ2n) is 2.85. The molecule has 88 valence electrons. The van der Waals surface area contributed by atoms with Crippen LogP contribution in [0.15, 0.2) is 6.20 Å². The predicted molar refractivity (Wildman–Crippen MR) is 53.4 cm³/mol. The lowest BCUT2D eigenvalue weighted by Crippen LogP contribution is -2.13. The van der Waals surface area contributed by atoms with E-state index in [2.05, 4.69) is 9.72 Å². The zero-order valence-corrected chi connectivity index (χ0v) is 9.09. The smallest absolute Gasteiger partial charge is 0.339 e. The lowest BCUT2D eigenvalue weighted by Gasteiger charge is -2.12. The number of nitrogens with two attached hydrogens (primary N) is 1. The third kappa shape index (κ3) is 2.28. The molecular formula is C9H9ClF2N2O2. The van der Waals surface area contributed by atoms with Crippen LogP contribution in [0.1, 0.15) is 27.9 Å². The first kappa shape index (κ1) is 12.8. The third-order valence-electron chi connectivity index (χ3n) is 2.00.